The second kappa shape index (κ2) is 6.96. The van der Waals surface area contributed by atoms with Gasteiger partial charge in [-0.2, -0.15) is 0 Å². The third-order valence-electron chi connectivity index (χ3n) is 2.05. The number of sulfone groups is 1. The molecular weight excluding hydrogens is 240 g/mol. The number of carbonyl (C=O) groups is 1. The summed E-state index contributed by atoms with van der Waals surface area (Å²) in [5.41, 5.74) is -0.232. The molecule has 0 unspecified atom stereocenters. The predicted molar refractivity (Wildman–Crippen MR) is 69.7 cm³/mol. The van der Waals surface area contributed by atoms with E-state index in [0.717, 1.165) is 0 Å². The van der Waals surface area contributed by atoms with Crippen LogP contribution in [-0.2, 0) is 14.6 Å². The fraction of sp³-hybridized carbons (Fsp3) is 0.909. The van der Waals surface area contributed by atoms with E-state index in [1.165, 1.54) is 0 Å². The van der Waals surface area contributed by atoms with Crippen molar-refractivity contribution in [1.29, 1.82) is 0 Å². The predicted octanol–water partition coefficient (Wildman–Crippen LogP) is 0.316. The lowest BCUT2D eigenvalue weighted by Crippen LogP contribution is -2.45. The highest BCUT2D eigenvalue weighted by Crippen LogP contribution is 1.97. The molecule has 0 aliphatic rings. The molecule has 6 heteroatoms. The summed E-state index contributed by atoms with van der Waals surface area (Å²) in [6.45, 7) is 8.15. The molecule has 1 amide bonds. The number of rotatable bonds is 7. The van der Waals surface area contributed by atoms with Gasteiger partial charge in [-0.3, -0.25) is 4.79 Å². The Morgan fingerprint density at radius 3 is 2.29 bits per heavy atom. The maximum absolute atomic E-state index is 11.4. The lowest BCUT2D eigenvalue weighted by atomic mass is 10.1. The zero-order chi connectivity index (χ0) is 13.5. The summed E-state index contributed by atoms with van der Waals surface area (Å²) in [7, 11) is -2.89. The summed E-state index contributed by atoms with van der Waals surface area (Å²) >= 11 is 0. The average molecular weight is 264 g/mol. The van der Waals surface area contributed by atoms with Crippen LogP contribution in [0.25, 0.3) is 0 Å². The Kier molecular flexibility index (Phi) is 6.70. The van der Waals surface area contributed by atoms with Crippen molar-refractivity contribution in [3.05, 3.63) is 0 Å². The molecule has 5 nitrogen and oxygen atoms in total. The van der Waals surface area contributed by atoms with Crippen molar-refractivity contribution in [2.75, 3.05) is 24.6 Å². The van der Waals surface area contributed by atoms with Gasteiger partial charge in [0, 0.05) is 11.3 Å². The molecule has 0 atom stereocenters. The summed E-state index contributed by atoms with van der Waals surface area (Å²) in [5, 5.41) is 5.75. The molecule has 0 aliphatic carbocycles. The van der Waals surface area contributed by atoms with Gasteiger partial charge in [-0.1, -0.05) is 6.92 Å². The Bertz CT molecular complexity index is 331. The quantitative estimate of drug-likeness (QED) is 0.649. The summed E-state index contributed by atoms with van der Waals surface area (Å²) in [4.78, 5) is 11.4. The molecule has 0 saturated carbocycles. The fourth-order valence-corrected chi connectivity index (χ4v) is 2.10. The van der Waals surface area contributed by atoms with Crippen molar-refractivity contribution in [1.82, 2.24) is 10.6 Å². The van der Waals surface area contributed by atoms with Crippen molar-refractivity contribution in [2.45, 2.75) is 39.7 Å². The van der Waals surface area contributed by atoms with Crippen LogP contribution in [-0.4, -0.2) is 44.5 Å². The molecule has 0 radical (unpaired) electrons. The normalized spacial score (nSPS) is 12.5. The second-order valence-electron chi connectivity index (χ2n) is 5.06. The van der Waals surface area contributed by atoms with Crippen LogP contribution >= 0.6 is 0 Å². The summed E-state index contributed by atoms with van der Waals surface area (Å²) in [6, 6.07) is 0. The van der Waals surface area contributed by atoms with Gasteiger partial charge in [0.25, 0.3) is 0 Å². The van der Waals surface area contributed by atoms with Crippen LogP contribution in [0.5, 0.6) is 0 Å². The van der Waals surface area contributed by atoms with E-state index in [-0.39, 0.29) is 29.5 Å². The van der Waals surface area contributed by atoms with E-state index >= 15 is 0 Å². The van der Waals surface area contributed by atoms with Gasteiger partial charge in [-0.15, -0.1) is 0 Å². The molecule has 0 bridgehead atoms. The van der Waals surface area contributed by atoms with Gasteiger partial charge in [0.05, 0.1) is 12.3 Å². The molecule has 0 aliphatic heterocycles. The zero-order valence-electron chi connectivity index (χ0n) is 11.2. The second-order valence-corrected chi connectivity index (χ2v) is 7.54. The van der Waals surface area contributed by atoms with Crippen LogP contribution in [0.2, 0.25) is 0 Å². The van der Waals surface area contributed by atoms with Crippen LogP contribution in [0.3, 0.4) is 0 Å². The van der Waals surface area contributed by atoms with Crippen molar-refractivity contribution >= 4 is 15.7 Å². The van der Waals surface area contributed by atoms with E-state index in [9.17, 15) is 13.2 Å². The van der Waals surface area contributed by atoms with Crippen LogP contribution in [0, 0.1) is 0 Å². The molecular formula is C11H24N2O3S. The third kappa shape index (κ3) is 10.3. The van der Waals surface area contributed by atoms with E-state index in [0.29, 0.717) is 13.0 Å². The average Bonchev–Trinajstić information content (AvgIpc) is 2.14. The lowest BCUT2D eigenvalue weighted by Gasteiger charge is -2.20. The highest BCUT2D eigenvalue weighted by molar-refractivity contribution is 7.91. The van der Waals surface area contributed by atoms with E-state index in [2.05, 4.69) is 10.6 Å². The fourth-order valence-electron chi connectivity index (χ4n) is 1.23. The maximum atomic E-state index is 11.4. The number of hydrogen-bond donors (Lipinski definition) is 2. The minimum atomic E-state index is -2.89. The molecule has 0 saturated heterocycles. The van der Waals surface area contributed by atoms with Crippen molar-refractivity contribution in [3.63, 3.8) is 0 Å². The highest BCUT2D eigenvalue weighted by Gasteiger charge is 2.13. The van der Waals surface area contributed by atoms with Gasteiger partial charge in [0.2, 0.25) is 5.91 Å². The highest BCUT2D eigenvalue weighted by atomic mass is 32.2. The van der Waals surface area contributed by atoms with Crippen molar-refractivity contribution in [3.8, 4) is 0 Å². The SMILES string of the molecule is CCS(=O)(=O)CCCNCC(=O)NC(C)(C)C. The third-order valence-corrected chi connectivity index (χ3v) is 3.84. The number of nitrogens with one attached hydrogen (secondary N) is 2. The molecule has 0 aromatic rings. The van der Waals surface area contributed by atoms with E-state index in [1.54, 1.807) is 6.92 Å². The Morgan fingerprint density at radius 2 is 1.82 bits per heavy atom. The van der Waals surface area contributed by atoms with Crippen LogP contribution in [0.15, 0.2) is 0 Å². The van der Waals surface area contributed by atoms with Crippen molar-refractivity contribution in [2.24, 2.45) is 0 Å². The molecule has 102 valence electrons. The smallest absolute Gasteiger partial charge is 0.234 e. The zero-order valence-corrected chi connectivity index (χ0v) is 12.0. The van der Waals surface area contributed by atoms with E-state index in [4.69, 9.17) is 0 Å². The maximum Gasteiger partial charge on any atom is 0.234 e. The molecule has 0 spiro atoms. The van der Waals surface area contributed by atoms with Gasteiger partial charge in [-0.25, -0.2) is 8.42 Å². The number of hydrogen-bond acceptors (Lipinski definition) is 4. The minimum absolute atomic E-state index is 0.0733. The standard InChI is InChI=1S/C11H24N2O3S/c1-5-17(15,16)8-6-7-12-9-10(14)13-11(2,3)4/h12H,5-9H2,1-4H3,(H,13,14). The first kappa shape index (κ1) is 16.4. The number of carbonyl (C=O) groups excluding carboxylic acids is 1. The van der Waals surface area contributed by atoms with Gasteiger partial charge in [0.15, 0.2) is 0 Å². The molecule has 0 heterocycles. The Hall–Kier alpha value is -0.620. The van der Waals surface area contributed by atoms with Crippen LogP contribution in [0.4, 0.5) is 0 Å². The Labute approximate surface area is 104 Å². The molecule has 2 N–H and O–H groups in total. The largest absolute Gasteiger partial charge is 0.350 e. The van der Waals surface area contributed by atoms with Crippen LogP contribution in [0.1, 0.15) is 34.1 Å². The van der Waals surface area contributed by atoms with Crippen LogP contribution < -0.4 is 10.6 Å². The van der Waals surface area contributed by atoms with E-state index in [1.807, 2.05) is 20.8 Å². The first-order chi connectivity index (χ1) is 7.66. The topological polar surface area (TPSA) is 75.3 Å². The molecule has 0 aromatic carbocycles. The van der Waals surface area contributed by atoms with Gasteiger partial charge < -0.3 is 10.6 Å². The lowest BCUT2D eigenvalue weighted by molar-refractivity contribution is -0.121. The first-order valence-corrected chi connectivity index (χ1v) is 7.70. The Balaban J connectivity index is 3.63. The Morgan fingerprint density at radius 1 is 1.24 bits per heavy atom. The van der Waals surface area contributed by atoms with Crippen molar-refractivity contribution < 1.29 is 13.2 Å². The molecule has 0 aromatic heterocycles. The molecule has 0 fully saturated rings. The van der Waals surface area contributed by atoms with E-state index < -0.39 is 9.84 Å². The molecule has 17 heavy (non-hydrogen) atoms. The molecule has 0 rings (SSSR count). The van der Waals surface area contributed by atoms with Gasteiger partial charge in [0.1, 0.15) is 9.84 Å². The monoisotopic (exact) mass is 264 g/mol. The van der Waals surface area contributed by atoms with Gasteiger partial charge >= 0.3 is 0 Å². The minimum Gasteiger partial charge on any atom is -0.350 e. The first-order valence-electron chi connectivity index (χ1n) is 5.88. The summed E-state index contributed by atoms with van der Waals surface area (Å²) in [6.07, 6.45) is 0.541. The van der Waals surface area contributed by atoms with Gasteiger partial charge in [-0.05, 0) is 33.7 Å². The summed E-state index contributed by atoms with van der Waals surface area (Å²) < 4.78 is 22.4. The summed E-state index contributed by atoms with van der Waals surface area (Å²) in [5.74, 6) is 0.283. The number of amides is 1.